The molecule has 0 unspecified atom stereocenters. The van der Waals surface area contributed by atoms with Crippen molar-refractivity contribution in [2.24, 2.45) is 0 Å². The minimum atomic E-state index is -0.910. The van der Waals surface area contributed by atoms with Crippen molar-refractivity contribution in [2.75, 3.05) is 5.73 Å². The van der Waals surface area contributed by atoms with Gasteiger partial charge >= 0.3 is 5.97 Å². The minimum absolute atomic E-state index is 0.290. The van der Waals surface area contributed by atoms with Crippen LogP contribution in [-0.2, 0) is 0 Å². The van der Waals surface area contributed by atoms with Gasteiger partial charge in [0.15, 0.2) is 0 Å². The first-order valence-corrected chi connectivity index (χ1v) is 8.79. The zero-order valence-electron chi connectivity index (χ0n) is 13.1. The van der Waals surface area contributed by atoms with Crippen molar-refractivity contribution in [3.63, 3.8) is 0 Å². The summed E-state index contributed by atoms with van der Waals surface area (Å²) in [5, 5.41) is 10.8. The molecule has 2 aromatic carbocycles. The number of benzene rings is 2. The Balaban J connectivity index is 0.000000143. The Labute approximate surface area is 146 Å². The number of nitrogens with zero attached hydrogens (tertiary/aromatic N) is 2. The van der Waals surface area contributed by atoms with Gasteiger partial charge in [-0.3, -0.25) is 0 Å². The lowest BCUT2D eigenvalue weighted by Gasteiger charge is -1.91. The van der Waals surface area contributed by atoms with E-state index in [4.69, 9.17) is 10.8 Å². The predicted molar refractivity (Wildman–Crippen MR) is 100 cm³/mol. The van der Waals surface area contributed by atoms with Crippen LogP contribution in [0.25, 0.3) is 20.4 Å². The normalized spacial score (nSPS) is 10.6. The molecule has 0 aliphatic heterocycles. The minimum Gasteiger partial charge on any atom is -0.478 e. The molecule has 0 spiro atoms. The standard InChI is InChI=1S/C9H7NO2S.C8H8N2S/c1-5-10-7-4-6(9(11)12)2-3-8(7)13-5;1-5-10-7-4-6(9)2-3-8(7)11-5/h2-4H,1H3,(H,11,12);2-4H,9H2,1H3. The molecule has 3 N–H and O–H groups in total. The van der Waals surface area contributed by atoms with E-state index in [2.05, 4.69) is 9.97 Å². The molecule has 0 atom stereocenters. The van der Waals surface area contributed by atoms with Gasteiger partial charge in [0.2, 0.25) is 0 Å². The van der Waals surface area contributed by atoms with Gasteiger partial charge in [-0.15, -0.1) is 22.7 Å². The molecule has 0 amide bonds. The van der Waals surface area contributed by atoms with Gasteiger partial charge in [0.05, 0.1) is 36.0 Å². The summed E-state index contributed by atoms with van der Waals surface area (Å²) < 4.78 is 2.24. The van der Waals surface area contributed by atoms with Gasteiger partial charge in [-0.2, -0.15) is 0 Å². The maximum absolute atomic E-state index is 10.6. The van der Waals surface area contributed by atoms with Crippen LogP contribution in [0.4, 0.5) is 5.69 Å². The number of aromatic carboxylic acids is 1. The molecule has 0 aliphatic rings. The number of rotatable bonds is 1. The number of hydrogen-bond acceptors (Lipinski definition) is 6. The summed E-state index contributed by atoms with van der Waals surface area (Å²) in [5.41, 5.74) is 8.44. The molecule has 122 valence electrons. The van der Waals surface area contributed by atoms with Crippen molar-refractivity contribution in [1.29, 1.82) is 0 Å². The molecule has 0 radical (unpaired) electrons. The van der Waals surface area contributed by atoms with E-state index in [9.17, 15) is 4.79 Å². The van der Waals surface area contributed by atoms with E-state index in [-0.39, 0.29) is 5.56 Å². The fourth-order valence-electron chi connectivity index (χ4n) is 2.24. The van der Waals surface area contributed by atoms with Crippen LogP contribution >= 0.6 is 22.7 Å². The highest BCUT2D eigenvalue weighted by molar-refractivity contribution is 7.18. The summed E-state index contributed by atoms with van der Waals surface area (Å²) in [6.45, 7) is 3.91. The van der Waals surface area contributed by atoms with Gasteiger partial charge in [0.25, 0.3) is 0 Å². The lowest BCUT2D eigenvalue weighted by Crippen LogP contribution is -1.94. The van der Waals surface area contributed by atoms with Crippen LogP contribution in [0.3, 0.4) is 0 Å². The Bertz CT molecular complexity index is 1040. The maximum Gasteiger partial charge on any atom is 0.335 e. The molecule has 7 heteroatoms. The summed E-state index contributed by atoms with van der Waals surface area (Å²) in [7, 11) is 0. The molecule has 5 nitrogen and oxygen atoms in total. The second kappa shape index (κ2) is 6.54. The van der Waals surface area contributed by atoms with Gasteiger partial charge in [-0.05, 0) is 50.2 Å². The number of thiazole rings is 2. The Morgan fingerprint density at radius 3 is 2.08 bits per heavy atom. The summed E-state index contributed by atoms with van der Waals surface area (Å²) in [4.78, 5) is 19.2. The van der Waals surface area contributed by atoms with Crippen molar-refractivity contribution in [3.8, 4) is 0 Å². The Morgan fingerprint density at radius 1 is 0.958 bits per heavy atom. The average molecular weight is 357 g/mol. The van der Waals surface area contributed by atoms with Crippen LogP contribution in [0, 0.1) is 13.8 Å². The largest absolute Gasteiger partial charge is 0.478 e. The predicted octanol–water partition coefficient (Wildman–Crippen LogP) is 4.49. The number of fused-ring (bicyclic) bond motifs is 2. The van der Waals surface area contributed by atoms with Gasteiger partial charge in [-0.1, -0.05) is 0 Å². The highest BCUT2D eigenvalue weighted by atomic mass is 32.1. The van der Waals surface area contributed by atoms with Gasteiger partial charge in [-0.25, -0.2) is 14.8 Å². The molecular weight excluding hydrogens is 342 g/mol. The Morgan fingerprint density at radius 2 is 1.50 bits per heavy atom. The van der Waals surface area contributed by atoms with Crippen LogP contribution in [-0.4, -0.2) is 21.0 Å². The van der Waals surface area contributed by atoms with E-state index in [0.717, 1.165) is 31.4 Å². The number of nitrogen functional groups attached to an aromatic ring is 1. The van der Waals surface area contributed by atoms with Crippen LogP contribution in [0.2, 0.25) is 0 Å². The quantitative estimate of drug-likeness (QED) is 0.490. The zero-order valence-corrected chi connectivity index (χ0v) is 14.7. The highest BCUT2D eigenvalue weighted by Gasteiger charge is 2.05. The van der Waals surface area contributed by atoms with E-state index in [1.807, 2.05) is 32.0 Å². The van der Waals surface area contributed by atoms with Crippen LogP contribution in [0.15, 0.2) is 36.4 Å². The number of anilines is 1. The lowest BCUT2D eigenvalue weighted by molar-refractivity contribution is 0.0697. The molecule has 0 saturated heterocycles. The van der Waals surface area contributed by atoms with Crippen LogP contribution < -0.4 is 5.73 Å². The third-order valence-corrected chi connectivity index (χ3v) is 5.16. The van der Waals surface area contributed by atoms with Crippen LogP contribution in [0.1, 0.15) is 20.4 Å². The number of carbonyl (C=O) groups is 1. The molecular formula is C17H15N3O2S2. The number of aryl methyl sites for hydroxylation is 2. The summed E-state index contributed by atoms with van der Waals surface area (Å²) in [6, 6.07) is 10.8. The van der Waals surface area contributed by atoms with Gasteiger partial charge < -0.3 is 10.8 Å². The second-order valence-electron chi connectivity index (χ2n) is 5.18. The SMILES string of the molecule is Cc1nc2cc(C(=O)O)ccc2s1.Cc1nc2cc(N)ccc2s1. The van der Waals surface area contributed by atoms with E-state index < -0.39 is 5.97 Å². The van der Waals surface area contributed by atoms with E-state index in [1.54, 1.807) is 40.9 Å². The molecule has 0 saturated carbocycles. The lowest BCUT2D eigenvalue weighted by atomic mass is 10.2. The second-order valence-corrected chi connectivity index (χ2v) is 7.65. The summed E-state index contributed by atoms with van der Waals surface area (Å²) in [6.07, 6.45) is 0. The number of carboxylic acids is 1. The first kappa shape index (κ1) is 16.4. The molecule has 2 aromatic heterocycles. The molecule has 4 aromatic rings. The maximum atomic E-state index is 10.6. The third-order valence-electron chi connectivity index (χ3n) is 3.26. The van der Waals surface area contributed by atoms with E-state index in [1.165, 1.54) is 4.70 Å². The fraction of sp³-hybridized carbons (Fsp3) is 0.118. The Hall–Kier alpha value is -2.51. The first-order chi connectivity index (χ1) is 11.4. The van der Waals surface area contributed by atoms with Crippen LogP contribution in [0.5, 0.6) is 0 Å². The van der Waals surface area contributed by atoms with E-state index >= 15 is 0 Å². The fourth-order valence-corrected chi connectivity index (χ4v) is 3.85. The molecule has 0 bridgehead atoms. The average Bonchev–Trinajstić information content (AvgIpc) is 3.06. The molecule has 4 rings (SSSR count). The third kappa shape index (κ3) is 3.52. The van der Waals surface area contributed by atoms with Gasteiger partial charge in [0, 0.05) is 5.69 Å². The first-order valence-electron chi connectivity index (χ1n) is 7.15. The Kier molecular flexibility index (Phi) is 4.46. The van der Waals surface area contributed by atoms with Crippen molar-refractivity contribution < 1.29 is 9.90 Å². The monoisotopic (exact) mass is 357 g/mol. The molecule has 24 heavy (non-hydrogen) atoms. The van der Waals surface area contributed by atoms with Gasteiger partial charge in [0.1, 0.15) is 0 Å². The summed E-state index contributed by atoms with van der Waals surface area (Å²) >= 11 is 3.26. The topological polar surface area (TPSA) is 89.1 Å². The molecule has 2 heterocycles. The summed E-state index contributed by atoms with van der Waals surface area (Å²) in [5.74, 6) is -0.910. The molecule has 0 fully saturated rings. The van der Waals surface area contributed by atoms with E-state index in [0.29, 0.717) is 0 Å². The number of hydrogen-bond donors (Lipinski definition) is 2. The van der Waals surface area contributed by atoms with Crippen molar-refractivity contribution >= 4 is 54.8 Å². The number of aromatic nitrogens is 2. The number of nitrogens with two attached hydrogens (primary N) is 1. The van der Waals surface area contributed by atoms with Crippen molar-refractivity contribution in [2.45, 2.75) is 13.8 Å². The zero-order chi connectivity index (χ0) is 17.3. The smallest absolute Gasteiger partial charge is 0.335 e. The highest BCUT2D eigenvalue weighted by Crippen LogP contribution is 2.23. The van der Waals surface area contributed by atoms with Crippen molar-refractivity contribution in [3.05, 3.63) is 52.0 Å². The molecule has 0 aliphatic carbocycles. The number of carboxylic acid groups (broad SMARTS) is 1. The van der Waals surface area contributed by atoms with Crippen molar-refractivity contribution in [1.82, 2.24) is 9.97 Å².